The second-order valence-electron chi connectivity index (χ2n) is 7.49. The van der Waals surface area contributed by atoms with Crippen LogP contribution in [0.2, 0.25) is 0 Å². The van der Waals surface area contributed by atoms with Crippen LogP contribution in [0.3, 0.4) is 0 Å². The normalized spacial score (nSPS) is 19.4. The van der Waals surface area contributed by atoms with E-state index >= 15 is 0 Å². The van der Waals surface area contributed by atoms with Crippen molar-refractivity contribution in [2.75, 3.05) is 13.1 Å². The molecule has 2 aliphatic rings. The maximum absolute atomic E-state index is 13.3. The Hall–Kier alpha value is -2.21. The molecular weight excluding hydrogens is 363 g/mol. The minimum Gasteiger partial charge on any atom is -0.349 e. The van der Waals surface area contributed by atoms with Crippen molar-refractivity contribution in [3.05, 3.63) is 58.0 Å². The summed E-state index contributed by atoms with van der Waals surface area (Å²) in [5.74, 6) is -0.159. The number of halogens is 1. The molecule has 1 aliphatic heterocycles. The number of rotatable bonds is 4. The highest BCUT2D eigenvalue weighted by Crippen LogP contribution is 2.45. The van der Waals surface area contributed by atoms with Crippen LogP contribution in [0.15, 0.2) is 41.1 Å². The van der Waals surface area contributed by atoms with Crippen molar-refractivity contribution in [3.8, 4) is 0 Å². The van der Waals surface area contributed by atoms with Crippen LogP contribution in [-0.4, -0.2) is 35.8 Å². The van der Waals surface area contributed by atoms with Crippen molar-refractivity contribution >= 4 is 23.2 Å². The third-order valence-corrected chi connectivity index (χ3v) is 6.60. The van der Waals surface area contributed by atoms with Crippen molar-refractivity contribution in [2.24, 2.45) is 0 Å². The number of nitrogens with one attached hydrogen (secondary N) is 1. The van der Waals surface area contributed by atoms with Crippen LogP contribution in [0, 0.1) is 5.82 Å². The number of hydrogen-bond donors (Lipinski definition) is 1. The number of likely N-dealkylation sites (tertiary alicyclic amines) is 1. The zero-order valence-corrected chi connectivity index (χ0v) is 15.9. The fraction of sp³-hybridized carbons (Fsp3) is 0.429. The van der Waals surface area contributed by atoms with Gasteiger partial charge in [0.05, 0.1) is 5.41 Å². The molecule has 27 heavy (non-hydrogen) atoms. The van der Waals surface area contributed by atoms with E-state index in [9.17, 15) is 14.0 Å². The van der Waals surface area contributed by atoms with Crippen molar-refractivity contribution in [2.45, 2.75) is 43.6 Å². The number of carbonyl (C=O) groups is 2. The van der Waals surface area contributed by atoms with Gasteiger partial charge in [-0.2, -0.15) is 11.3 Å². The minimum atomic E-state index is -0.486. The largest absolute Gasteiger partial charge is 0.349 e. The maximum atomic E-state index is 13.3. The van der Waals surface area contributed by atoms with E-state index in [1.54, 1.807) is 12.1 Å². The van der Waals surface area contributed by atoms with E-state index in [1.165, 1.54) is 23.5 Å². The van der Waals surface area contributed by atoms with Gasteiger partial charge in [-0.3, -0.25) is 9.59 Å². The Morgan fingerprint density at radius 1 is 1.11 bits per heavy atom. The van der Waals surface area contributed by atoms with Crippen molar-refractivity contribution in [1.29, 1.82) is 0 Å². The average Bonchev–Trinajstić information content (AvgIpc) is 3.18. The molecule has 1 saturated heterocycles. The van der Waals surface area contributed by atoms with Gasteiger partial charge in [0.25, 0.3) is 5.91 Å². The summed E-state index contributed by atoms with van der Waals surface area (Å²) in [7, 11) is 0. The molecule has 0 atom stereocenters. The molecule has 142 valence electrons. The van der Waals surface area contributed by atoms with E-state index in [2.05, 4.69) is 5.32 Å². The molecule has 4 rings (SSSR count). The number of amides is 2. The van der Waals surface area contributed by atoms with Gasteiger partial charge in [0, 0.05) is 30.1 Å². The molecule has 1 aliphatic carbocycles. The number of piperidine rings is 1. The Balaban J connectivity index is 1.38. The first-order valence-electron chi connectivity index (χ1n) is 9.47. The quantitative estimate of drug-likeness (QED) is 0.870. The van der Waals surface area contributed by atoms with Gasteiger partial charge in [-0.15, -0.1) is 0 Å². The number of thiophene rings is 1. The Labute approximate surface area is 162 Å². The molecule has 0 spiro atoms. The molecule has 0 radical (unpaired) electrons. The monoisotopic (exact) mass is 386 g/mol. The number of nitrogens with zero attached hydrogens (tertiary/aromatic N) is 1. The predicted molar refractivity (Wildman–Crippen MR) is 103 cm³/mol. The van der Waals surface area contributed by atoms with E-state index in [0.717, 1.165) is 37.7 Å². The Bertz CT molecular complexity index is 807. The van der Waals surface area contributed by atoms with E-state index in [1.807, 2.05) is 21.7 Å². The van der Waals surface area contributed by atoms with Gasteiger partial charge in [-0.05, 0) is 54.8 Å². The Kier molecular flexibility index (Phi) is 5.00. The summed E-state index contributed by atoms with van der Waals surface area (Å²) in [5.41, 5.74) is 1.14. The van der Waals surface area contributed by atoms with Gasteiger partial charge in [0.2, 0.25) is 5.91 Å². The fourth-order valence-electron chi connectivity index (χ4n) is 4.12. The molecule has 1 aromatic heterocycles. The summed E-state index contributed by atoms with van der Waals surface area (Å²) in [6.45, 7) is 1.30. The van der Waals surface area contributed by atoms with Crippen molar-refractivity contribution in [3.63, 3.8) is 0 Å². The first-order chi connectivity index (χ1) is 13.1. The summed E-state index contributed by atoms with van der Waals surface area (Å²) in [4.78, 5) is 27.4. The molecule has 2 amide bonds. The second kappa shape index (κ2) is 7.43. The number of benzene rings is 1. The summed E-state index contributed by atoms with van der Waals surface area (Å²) in [6, 6.07) is 8.30. The van der Waals surface area contributed by atoms with Crippen molar-refractivity contribution in [1.82, 2.24) is 10.2 Å². The van der Waals surface area contributed by atoms with Gasteiger partial charge in [0.15, 0.2) is 0 Å². The lowest BCUT2D eigenvalue weighted by molar-refractivity contribution is -0.142. The summed E-state index contributed by atoms with van der Waals surface area (Å²) >= 11 is 1.51. The van der Waals surface area contributed by atoms with Crippen LogP contribution >= 0.6 is 11.3 Å². The first-order valence-corrected chi connectivity index (χ1v) is 10.4. The lowest BCUT2D eigenvalue weighted by Crippen LogP contribution is -2.55. The molecule has 6 heteroatoms. The molecule has 0 unspecified atom stereocenters. The van der Waals surface area contributed by atoms with E-state index < -0.39 is 5.41 Å². The van der Waals surface area contributed by atoms with Crippen LogP contribution in [0.5, 0.6) is 0 Å². The molecule has 1 aromatic carbocycles. The smallest absolute Gasteiger partial charge is 0.252 e. The van der Waals surface area contributed by atoms with Crippen LogP contribution in [-0.2, 0) is 10.2 Å². The molecule has 2 heterocycles. The van der Waals surface area contributed by atoms with Crippen LogP contribution in [0.1, 0.15) is 48.0 Å². The lowest BCUT2D eigenvalue weighted by atomic mass is 9.63. The summed E-state index contributed by atoms with van der Waals surface area (Å²) in [6.07, 6.45) is 4.21. The highest BCUT2D eigenvalue weighted by molar-refractivity contribution is 7.08. The molecule has 1 saturated carbocycles. The highest BCUT2D eigenvalue weighted by atomic mass is 32.1. The first kappa shape index (κ1) is 18.2. The number of carbonyl (C=O) groups excluding carboxylic acids is 2. The standard InChI is InChI=1S/C21H23FN2O2S/c22-17-4-2-16(3-5-17)21(9-1-10-21)20(26)24-11-6-18(7-12-24)23-19(25)15-8-13-27-14-15/h2-5,8,13-14,18H,1,6-7,9-12H2,(H,23,25). The molecule has 0 bridgehead atoms. The maximum Gasteiger partial charge on any atom is 0.252 e. The highest BCUT2D eigenvalue weighted by Gasteiger charge is 2.48. The predicted octanol–water partition coefficient (Wildman–Crippen LogP) is 3.73. The topological polar surface area (TPSA) is 49.4 Å². The van der Waals surface area contributed by atoms with Gasteiger partial charge in [0.1, 0.15) is 5.82 Å². The molecule has 1 N–H and O–H groups in total. The van der Waals surface area contributed by atoms with Crippen LogP contribution in [0.25, 0.3) is 0 Å². The van der Waals surface area contributed by atoms with Gasteiger partial charge >= 0.3 is 0 Å². The Morgan fingerprint density at radius 2 is 1.81 bits per heavy atom. The van der Waals surface area contributed by atoms with Gasteiger partial charge in [-0.25, -0.2) is 4.39 Å². The van der Waals surface area contributed by atoms with E-state index in [4.69, 9.17) is 0 Å². The third-order valence-electron chi connectivity index (χ3n) is 5.91. The molecule has 2 fully saturated rings. The SMILES string of the molecule is O=C(NC1CCN(C(=O)C2(c3ccc(F)cc3)CCC2)CC1)c1ccsc1. The minimum absolute atomic E-state index is 0.0391. The zero-order valence-electron chi connectivity index (χ0n) is 15.1. The van der Waals surface area contributed by atoms with Gasteiger partial charge < -0.3 is 10.2 Å². The summed E-state index contributed by atoms with van der Waals surface area (Å²) in [5, 5.41) is 6.81. The molecule has 4 nitrogen and oxygen atoms in total. The summed E-state index contributed by atoms with van der Waals surface area (Å²) < 4.78 is 13.3. The fourth-order valence-corrected chi connectivity index (χ4v) is 4.75. The van der Waals surface area contributed by atoms with Crippen LogP contribution in [0.4, 0.5) is 4.39 Å². The average molecular weight is 386 g/mol. The number of hydrogen-bond acceptors (Lipinski definition) is 3. The van der Waals surface area contributed by atoms with Gasteiger partial charge in [-0.1, -0.05) is 18.6 Å². The Morgan fingerprint density at radius 3 is 2.37 bits per heavy atom. The lowest BCUT2D eigenvalue weighted by Gasteiger charge is -2.45. The van der Waals surface area contributed by atoms with E-state index in [0.29, 0.717) is 18.7 Å². The second-order valence-corrected chi connectivity index (χ2v) is 8.27. The molecule has 2 aromatic rings. The van der Waals surface area contributed by atoms with E-state index in [-0.39, 0.29) is 23.7 Å². The van der Waals surface area contributed by atoms with Crippen LogP contribution < -0.4 is 5.32 Å². The van der Waals surface area contributed by atoms with Crippen molar-refractivity contribution < 1.29 is 14.0 Å². The third kappa shape index (κ3) is 3.50. The molecular formula is C21H23FN2O2S. The zero-order chi connectivity index (χ0) is 18.9.